The van der Waals surface area contributed by atoms with Crippen molar-refractivity contribution in [2.45, 2.75) is 58.8 Å². The Hall–Kier alpha value is -3.05. The van der Waals surface area contributed by atoms with Crippen LogP contribution in [0.4, 0.5) is 0 Å². The van der Waals surface area contributed by atoms with E-state index in [0.717, 1.165) is 23.2 Å². The molecule has 0 saturated carbocycles. The van der Waals surface area contributed by atoms with E-state index in [1.54, 1.807) is 0 Å². The van der Waals surface area contributed by atoms with Gasteiger partial charge in [-0.25, -0.2) is 4.79 Å². The third-order valence-electron chi connectivity index (χ3n) is 6.63. The van der Waals surface area contributed by atoms with Gasteiger partial charge in [-0.15, -0.1) is 0 Å². The van der Waals surface area contributed by atoms with Gasteiger partial charge < -0.3 is 14.8 Å². The molecule has 0 aromatic heterocycles. The molecule has 2 aliphatic rings. The van der Waals surface area contributed by atoms with Crippen molar-refractivity contribution in [3.05, 3.63) is 87.2 Å². The fourth-order valence-electron chi connectivity index (χ4n) is 4.97. The largest absolute Gasteiger partial charge is 0.493 e. The number of benzene rings is 2. The highest BCUT2D eigenvalue weighted by molar-refractivity contribution is 6.30. The molecular formula is C30H34ClNO4. The number of ether oxygens (including phenoxy) is 2. The van der Waals surface area contributed by atoms with E-state index in [4.69, 9.17) is 21.1 Å². The summed E-state index contributed by atoms with van der Waals surface area (Å²) in [6.07, 6.45) is 1.89. The molecule has 2 aromatic rings. The Balaban J connectivity index is 1.79. The predicted molar refractivity (Wildman–Crippen MR) is 142 cm³/mol. The summed E-state index contributed by atoms with van der Waals surface area (Å²) in [7, 11) is 0. The first kappa shape index (κ1) is 26.0. The quantitative estimate of drug-likeness (QED) is 0.403. The summed E-state index contributed by atoms with van der Waals surface area (Å²) in [6, 6.07) is 15.4. The Kier molecular flexibility index (Phi) is 8.20. The zero-order chi connectivity index (χ0) is 25.8. The summed E-state index contributed by atoms with van der Waals surface area (Å²) < 4.78 is 11.8. The molecule has 1 N–H and O–H groups in total. The minimum Gasteiger partial charge on any atom is -0.493 e. The second-order valence-corrected chi connectivity index (χ2v) is 10.4. The summed E-state index contributed by atoms with van der Waals surface area (Å²) in [4.78, 5) is 27.2. The maximum absolute atomic E-state index is 13.8. The Morgan fingerprint density at radius 2 is 1.83 bits per heavy atom. The van der Waals surface area contributed by atoms with Crippen molar-refractivity contribution in [2.75, 3.05) is 13.2 Å². The fourth-order valence-corrected chi connectivity index (χ4v) is 5.10. The number of dihydropyridines is 1. The van der Waals surface area contributed by atoms with Crippen molar-refractivity contribution in [1.29, 1.82) is 0 Å². The number of esters is 1. The summed E-state index contributed by atoms with van der Waals surface area (Å²) >= 11 is 6.09. The zero-order valence-electron chi connectivity index (χ0n) is 21.4. The van der Waals surface area contributed by atoms with Crippen LogP contribution in [0.2, 0.25) is 5.02 Å². The molecule has 0 saturated heterocycles. The standard InChI is InChI=1S/C30H34ClNO4/c1-5-14-35-26-9-7-6-8-23(26)28-27(30(34)36-17-18(2)3)19(4)32-24-15-21(16-25(33)29(24)28)20-10-12-22(31)13-11-20/h6-13,18,21,28,32H,5,14-17H2,1-4H3. The van der Waals surface area contributed by atoms with Crippen LogP contribution in [0.5, 0.6) is 5.75 Å². The van der Waals surface area contributed by atoms with Gasteiger partial charge in [0, 0.05) is 34.0 Å². The van der Waals surface area contributed by atoms with Gasteiger partial charge in [-0.3, -0.25) is 4.79 Å². The molecule has 1 aliphatic carbocycles. The number of Topliss-reactive ketones (excluding diaryl/α,β-unsaturated/α-hetero) is 1. The molecule has 1 aliphatic heterocycles. The van der Waals surface area contributed by atoms with Crippen LogP contribution in [-0.4, -0.2) is 25.0 Å². The lowest BCUT2D eigenvalue weighted by Gasteiger charge is -2.37. The number of halogens is 1. The molecule has 0 radical (unpaired) electrons. The molecule has 2 unspecified atom stereocenters. The average molecular weight is 508 g/mol. The van der Waals surface area contributed by atoms with Crippen LogP contribution in [0.25, 0.3) is 0 Å². The number of rotatable bonds is 8. The van der Waals surface area contributed by atoms with E-state index in [1.807, 2.05) is 76.2 Å². The number of nitrogens with one attached hydrogen (secondary N) is 1. The lowest BCUT2D eigenvalue weighted by atomic mass is 9.71. The second-order valence-electron chi connectivity index (χ2n) is 9.95. The van der Waals surface area contributed by atoms with Crippen LogP contribution in [0.1, 0.15) is 69.9 Å². The van der Waals surface area contributed by atoms with Gasteiger partial charge in [-0.2, -0.15) is 0 Å². The van der Waals surface area contributed by atoms with Gasteiger partial charge in [0.05, 0.1) is 24.7 Å². The molecule has 2 atom stereocenters. The van der Waals surface area contributed by atoms with Crippen molar-refractivity contribution in [3.8, 4) is 5.75 Å². The third-order valence-corrected chi connectivity index (χ3v) is 6.88. The predicted octanol–water partition coefficient (Wildman–Crippen LogP) is 6.69. The van der Waals surface area contributed by atoms with Crippen LogP contribution >= 0.6 is 11.6 Å². The smallest absolute Gasteiger partial charge is 0.336 e. The molecule has 6 heteroatoms. The highest BCUT2D eigenvalue weighted by Gasteiger charge is 2.42. The van der Waals surface area contributed by atoms with Crippen molar-refractivity contribution >= 4 is 23.4 Å². The Morgan fingerprint density at radius 1 is 1.11 bits per heavy atom. The van der Waals surface area contributed by atoms with E-state index in [9.17, 15) is 9.59 Å². The monoisotopic (exact) mass is 507 g/mol. The summed E-state index contributed by atoms with van der Waals surface area (Å²) in [6.45, 7) is 8.80. The van der Waals surface area contributed by atoms with Gasteiger partial charge in [0.15, 0.2) is 5.78 Å². The Bertz CT molecular complexity index is 1200. The molecule has 2 aromatic carbocycles. The van der Waals surface area contributed by atoms with E-state index in [1.165, 1.54) is 0 Å². The van der Waals surface area contributed by atoms with E-state index in [-0.39, 0.29) is 17.6 Å². The number of carbonyl (C=O) groups excluding carboxylic acids is 2. The van der Waals surface area contributed by atoms with Gasteiger partial charge in [0.2, 0.25) is 0 Å². The minimum absolute atomic E-state index is 0.0284. The number of carbonyl (C=O) groups is 2. The molecule has 0 amide bonds. The topological polar surface area (TPSA) is 64.6 Å². The van der Waals surface area contributed by atoms with Gasteiger partial charge in [-0.1, -0.05) is 62.7 Å². The van der Waals surface area contributed by atoms with Crippen molar-refractivity contribution in [3.63, 3.8) is 0 Å². The highest BCUT2D eigenvalue weighted by atomic mass is 35.5. The van der Waals surface area contributed by atoms with E-state index in [2.05, 4.69) is 5.32 Å². The van der Waals surface area contributed by atoms with Crippen LogP contribution in [0.3, 0.4) is 0 Å². The summed E-state index contributed by atoms with van der Waals surface area (Å²) in [5.41, 5.74) is 4.57. The SMILES string of the molecule is CCCOc1ccccc1C1C(C(=O)OCC(C)C)=C(C)NC2=C1C(=O)CC(c1ccc(Cl)cc1)C2. The normalized spacial score (nSPS) is 19.8. The first-order valence-electron chi connectivity index (χ1n) is 12.7. The van der Waals surface area contributed by atoms with E-state index < -0.39 is 11.9 Å². The van der Waals surface area contributed by atoms with Crippen molar-refractivity contribution in [1.82, 2.24) is 5.32 Å². The summed E-state index contributed by atoms with van der Waals surface area (Å²) in [5, 5.41) is 4.08. The maximum Gasteiger partial charge on any atom is 0.336 e. The van der Waals surface area contributed by atoms with E-state index >= 15 is 0 Å². The molecule has 36 heavy (non-hydrogen) atoms. The molecule has 0 fully saturated rings. The molecule has 190 valence electrons. The first-order valence-corrected chi connectivity index (χ1v) is 13.1. The molecule has 0 spiro atoms. The maximum atomic E-state index is 13.8. The highest BCUT2D eigenvalue weighted by Crippen LogP contribution is 2.47. The van der Waals surface area contributed by atoms with Gasteiger partial charge in [0.25, 0.3) is 0 Å². The molecule has 4 rings (SSSR count). The Labute approximate surface area is 218 Å². The molecule has 1 heterocycles. The van der Waals surface area contributed by atoms with Crippen LogP contribution < -0.4 is 10.1 Å². The molecule has 5 nitrogen and oxygen atoms in total. The third kappa shape index (κ3) is 5.52. The second kappa shape index (κ2) is 11.3. The lowest BCUT2D eigenvalue weighted by Crippen LogP contribution is -2.36. The number of ketones is 1. The first-order chi connectivity index (χ1) is 17.3. The Morgan fingerprint density at radius 3 is 2.53 bits per heavy atom. The van der Waals surface area contributed by atoms with Crippen molar-refractivity contribution in [2.24, 2.45) is 5.92 Å². The lowest BCUT2D eigenvalue weighted by molar-refractivity contribution is -0.140. The number of para-hydroxylation sites is 1. The average Bonchev–Trinajstić information content (AvgIpc) is 2.85. The number of allylic oxidation sites excluding steroid dienone is 3. The molecular weight excluding hydrogens is 474 g/mol. The van der Waals surface area contributed by atoms with Gasteiger partial charge in [-0.05, 0) is 55.4 Å². The van der Waals surface area contributed by atoms with Gasteiger partial charge in [0.1, 0.15) is 5.75 Å². The summed E-state index contributed by atoms with van der Waals surface area (Å²) in [5.74, 6) is 0.0101. The minimum atomic E-state index is -0.548. The molecule has 0 bridgehead atoms. The van der Waals surface area contributed by atoms with Crippen LogP contribution in [0.15, 0.2) is 71.1 Å². The fraction of sp³-hybridized carbons (Fsp3) is 0.400. The van der Waals surface area contributed by atoms with Crippen LogP contribution in [-0.2, 0) is 14.3 Å². The number of hydrogen-bond acceptors (Lipinski definition) is 5. The van der Waals surface area contributed by atoms with E-state index in [0.29, 0.717) is 53.7 Å². The van der Waals surface area contributed by atoms with Crippen molar-refractivity contribution < 1.29 is 19.1 Å². The van der Waals surface area contributed by atoms with Gasteiger partial charge >= 0.3 is 5.97 Å². The zero-order valence-corrected chi connectivity index (χ0v) is 22.2. The van der Waals surface area contributed by atoms with Crippen LogP contribution in [0, 0.1) is 5.92 Å². The number of hydrogen-bond donors (Lipinski definition) is 1.